The Morgan fingerprint density at radius 1 is 1.23 bits per heavy atom. The first-order chi connectivity index (χ1) is 12.5. The van der Waals surface area contributed by atoms with Gasteiger partial charge < -0.3 is 9.64 Å². The molecule has 0 radical (unpaired) electrons. The Kier molecular flexibility index (Phi) is 5.56. The van der Waals surface area contributed by atoms with Gasteiger partial charge in [-0.2, -0.15) is 0 Å². The third kappa shape index (κ3) is 4.04. The zero-order chi connectivity index (χ0) is 18.7. The van der Waals surface area contributed by atoms with Crippen molar-refractivity contribution in [3.8, 4) is 0 Å². The van der Waals surface area contributed by atoms with E-state index in [-0.39, 0.29) is 16.6 Å². The number of rotatable bonds is 5. The topological polar surface area (TPSA) is 46.6 Å². The number of anilines is 1. The van der Waals surface area contributed by atoms with Crippen LogP contribution in [0.4, 0.5) is 14.5 Å². The van der Waals surface area contributed by atoms with Gasteiger partial charge in [-0.05, 0) is 43.2 Å². The molecule has 4 nitrogen and oxygen atoms in total. The summed E-state index contributed by atoms with van der Waals surface area (Å²) in [6, 6.07) is 10.6. The van der Waals surface area contributed by atoms with Gasteiger partial charge in [-0.3, -0.25) is 9.59 Å². The van der Waals surface area contributed by atoms with E-state index in [2.05, 4.69) is 0 Å². The maximum atomic E-state index is 13.6. The molecule has 2 aromatic carbocycles. The number of hydrogen-bond acceptors (Lipinski definition) is 4. The van der Waals surface area contributed by atoms with E-state index in [0.717, 1.165) is 47.6 Å². The van der Waals surface area contributed by atoms with E-state index in [4.69, 9.17) is 4.74 Å². The average molecular weight is 377 g/mol. The number of hydrogen-bond donors (Lipinski definition) is 0. The first-order valence-electron chi connectivity index (χ1n) is 8.12. The maximum Gasteiger partial charge on any atom is 0.317 e. The molecule has 0 N–H and O–H groups in total. The Morgan fingerprint density at radius 3 is 2.81 bits per heavy atom. The molecule has 0 fully saturated rings. The third-order valence-electron chi connectivity index (χ3n) is 4.05. The van der Waals surface area contributed by atoms with E-state index in [1.807, 2.05) is 24.3 Å². The van der Waals surface area contributed by atoms with Crippen LogP contribution in [0.2, 0.25) is 0 Å². The van der Waals surface area contributed by atoms with E-state index in [9.17, 15) is 18.4 Å². The molecular weight excluding hydrogens is 360 g/mol. The van der Waals surface area contributed by atoms with Crippen LogP contribution in [-0.4, -0.2) is 30.3 Å². The maximum absolute atomic E-state index is 13.6. The summed E-state index contributed by atoms with van der Waals surface area (Å²) < 4.78 is 31.9. The first kappa shape index (κ1) is 18.4. The summed E-state index contributed by atoms with van der Waals surface area (Å²) in [5.41, 5.74) is 1.91. The molecule has 0 aromatic heterocycles. The van der Waals surface area contributed by atoms with Crippen molar-refractivity contribution in [1.82, 2.24) is 0 Å². The highest BCUT2D eigenvalue weighted by Crippen LogP contribution is 2.28. The van der Waals surface area contributed by atoms with Gasteiger partial charge in [0.2, 0.25) is 0 Å². The van der Waals surface area contributed by atoms with Crippen molar-refractivity contribution >= 4 is 29.3 Å². The van der Waals surface area contributed by atoms with Crippen LogP contribution in [0.3, 0.4) is 0 Å². The Balaban J connectivity index is 1.56. The molecule has 0 aliphatic carbocycles. The summed E-state index contributed by atoms with van der Waals surface area (Å²) in [6.45, 7) is 2.05. The lowest BCUT2D eigenvalue weighted by molar-refractivity contribution is -0.151. The predicted molar refractivity (Wildman–Crippen MR) is 95.1 cm³/mol. The fraction of sp³-hybridized carbons (Fsp3) is 0.263. The first-order valence-corrected chi connectivity index (χ1v) is 9.11. The van der Waals surface area contributed by atoms with Crippen molar-refractivity contribution in [3.63, 3.8) is 0 Å². The van der Waals surface area contributed by atoms with Gasteiger partial charge in [-0.1, -0.05) is 18.2 Å². The molecule has 0 saturated carbocycles. The SMILES string of the molecule is C[C@H](OC(=O)CSc1cc(F)ccc1F)C(=O)N1CCc2ccccc21. The zero-order valence-electron chi connectivity index (χ0n) is 14.1. The van der Waals surface area contributed by atoms with E-state index >= 15 is 0 Å². The van der Waals surface area contributed by atoms with Crippen LogP contribution in [-0.2, 0) is 20.7 Å². The molecule has 0 unspecified atom stereocenters. The minimum atomic E-state index is -0.952. The molecule has 0 spiro atoms. The van der Waals surface area contributed by atoms with Crippen LogP contribution in [0.15, 0.2) is 47.4 Å². The van der Waals surface area contributed by atoms with Crippen molar-refractivity contribution in [1.29, 1.82) is 0 Å². The molecule has 3 rings (SSSR count). The van der Waals surface area contributed by atoms with Crippen LogP contribution in [0.25, 0.3) is 0 Å². The minimum absolute atomic E-state index is 0.0226. The van der Waals surface area contributed by atoms with Gasteiger partial charge in [0.1, 0.15) is 11.6 Å². The number of ether oxygens (including phenoxy) is 1. The average Bonchev–Trinajstić information content (AvgIpc) is 3.05. The van der Waals surface area contributed by atoms with Crippen molar-refractivity contribution in [3.05, 3.63) is 59.7 Å². The van der Waals surface area contributed by atoms with Gasteiger partial charge in [0.15, 0.2) is 6.10 Å². The summed E-state index contributed by atoms with van der Waals surface area (Å²) in [4.78, 5) is 26.1. The Bertz CT molecular complexity index is 843. The molecule has 2 aromatic rings. The van der Waals surface area contributed by atoms with Gasteiger partial charge in [0.05, 0.1) is 5.75 Å². The number of esters is 1. The van der Waals surface area contributed by atoms with Gasteiger partial charge >= 0.3 is 5.97 Å². The third-order valence-corrected chi connectivity index (χ3v) is 5.05. The second kappa shape index (κ2) is 7.86. The molecule has 1 amide bonds. The van der Waals surface area contributed by atoms with Gasteiger partial charge in [0, 0.05) is 17.1 Å². The summed E-state index contributed by atoms with van der Waals surface area (Å²) in [5.74, 6) is -2.37. The zero-order valence-corrected chi connectivity index (χ0v) is 14.9. The quantitative estimate of drug-likeness (QED) is 0.590. The van der Waals surface area contributed by atoms with Crippen LogP contribution in [0, 0.1) is 11.6 Å². The smallest absolute Gasteiger partial charge is 0.317 e. The molecule has 136 valence electrons. The number of benzene rings is 2. The number of amides is 1. The number of carbonyl (C=O) groups excluding carboxylic acids is 2. The van der Waals surface area contributed by atoms with Crippen molar-refractivity contribution in [2.75, 3.05) is 17.2 Å². The van der Waals surface area contributed by atoms with Crippen molar-refractivity contribution < 1.29 is 23.1 Å². The predicted octanol–water partition coefficient (Wildman–Crippen LogP) is 3.58. The van der Waals surface area contributed by atoms with Gasteiger partial charge in [-0.15, -0.1) is 11.8 Å². The summed E-state index contributed by atoms with van der Waals surface area (Å²) in [7, 11) is 0. The second-order valence-corrected chi connectivity index (χ2v) is 6.88. The highest BCUT2D eigenvalue weighted by atomic mass is 32.2. The van der Waals surface area contributed by atoms with E-state index in [1.54, 1.807) is 4.90 Å². The lowest BCUT2D eigenvalue weighted by atomic mass is 10.2. The number of carbonyl (C=O) groups is 2. The van der Waals surface area contributed by atoms with E-state index < -0.39 is 23.7 Å². The largest absolute Gasteiger partial charge is 0.452 e. The normalized spacial score (nSPS) is 14.0. The monoisotopic (exact) mass is 377 g/mol. The lowest BCUT2D eigenvalue weighted by Gasteiger charge is -2.21. The number of para-hydroxylation sites is 1. The number of thioether (sulfide) groups is 1. The second-order valence-electron chi connectivity index (χ2n) is 5.86. The van der Waals surface area contributed by atoms with Crippen LogP contribution in [0.1, 0.15) is 12.5 Å². The highest BCUT2D eigenvalue weighted by molar-refractivity contribution is 8.00. The molecule has 1 aliphatic heterocycles. The minimum Gasteiger partial charge on any atom is -0.452 e. The molecule has 1 atom stereocenters. The van der Waals surface area contributed by atoms with Gasteiger partial charge in [0.25, 0.3) is 5.91 Å². The molecular formula is C19H17F2NO3S. The summed E-state index contributed by atoms with van der Waals surface area (Å²) >= 11 is 0.829. The fourth-order valence-corrected chi connectivity index (χ4v) is 3.54. The van der Waals surface area contributed by atoms with E-state index in [1.165, 1.54) is 6.92 Å². The Labute approximate surface area is 154 Å². The summed E-state index contributed by atoms with van der Waals surface area (Å²) in [6.07, 6.45) is -0.191. The number of fused-ring (bicyclic) bond motifs is 1. The molecule has 0 saturated heterocycles. The Morgan fingerprint density at radius 2 is 2.00 bits per heavy atom. The molecule has 7 heteroatoms. The Hall–Kier alpha value is -2.41. The molecule has 1 heterocycles. The van der Waals surface area contributed by atoms with E-state index in [0.29, 0.717) is 6.54 Å². The van der Waals surface area contributed by atoms with Crippen LogP contribution >= 0.6 is 11.8 Å². The van der Waals surface area contributed by atoms with Gasteiger partial charge in [-0.25, -0.2) is 8.78 Å². The molecule has 0 bridgehead atoms. The molecule has 26 heavy (non-hydrogen) atoms. The molecule has 1 aliphatic rings. The highest BCUT2D eigenvalue weighted by Gasteiger charge is 2.29. The van der Waals surface area contributed by atoms with Crippen LogP contribution < -0.4 is 4.90 Å². The summed E-state index contributed by atoms with van der Waals surface area (Å²) in [5, 5.41) is 0. The van der Waals surface area contributed by atoms with Crippen LogP contribution in [0.5, 0.6) is 0 Å². The number of nitrogens with zero attached hydrogens (tertiary/aromatic N) is 1. The standard InChI is InChI=1S/C19H17F2NO3S/c1-12(19(24)22-9-8-13-4-2-3-5-16(13)22)25-18(23)11-26-17-10-14(20)6-7-15(17)21/h2-7,10,12H,8-9,11H2,1H3/t12-/m0/s1. The fourth-order valence-electron chi connectivity index (χ4n) is 2.79. The van der Waals surface area contributed by atoms with Crippen molar-refractivity contribution in [2.24, 2.45) is 0 Å². The van der Waals surface area contributed by atoms with Crippen molar-refractivity contribution in [2.45, 2.75) is 24.3 Å². The number of halogens is 2. The lowest BCUT2D eigenvalue weighted by Crippen LogP contribution is -2.39.